The van der Waals surface area contributed by atoms with Crippen LogP contribution in [0.1, 0.15) is 31.4 Å². The molecule has 1 fully saturated rings. The number of aromatic nitrogens is 1. The Labute approximate surface area is 181 Å². The molecule has 3 rings (SSSR count). The first-order valence-corrected chi connectivity index (χ1v) is 11.0. The highest BCUT2D eigenvalue weighted by Gasteiger charge is 2.25. The van der Waals surface area contributed by atoms with Crippen LogP contribution in [-0.4, -0.2) is 55.7 Å². The summed E-state index contributed by atoms with van der Waals surface area (Å²) < 4.78 is 5.94. The number of hydrogen-bond donors (Lipinski definition) is 1. The largest absolute Gasteiger partial charge is 0.376 e. The molecule has 1 aromatic heterocycles. The van der Waals surface area contributed by atoms with Crippen molar-refractivity contribution in [1.82, 2.24) is 15.2 Å². The van der Waals surface area contributed by atoms with Gasteiger partial charge < -0.3 is 19.9 Å². The van der Waals surface area contributed by atoms with Crippen LogP contribution in [0.3, 0.4) is 0 Å². The number of benzene rings is 1. The van der Waals surface area contributed by atoms with Gasteiger partial charge in [0, 0.05) is 51.9 Å². The van der Waals surface area contributed by atoms with Crippen molar-refractivity contribution in [1.29, 1.82) is 0 Å². The molecule has 0 bridgehead atoms. The number of anilines is 1. The van der Waals surface area contributed by atoms with Crippen LogP contribution in [0.25, 0.3) is 0 Å². The summed E-state index contributed by atoms with van der Waals surface area (Å²) in [6.07, 6.45) is 3.09. The highest BCUT2D eigenvalue weighted by atomic mass is 16.5. The maximum atomic E-state index is 5.94. The number of hydrogen-bond acceptors (Lipinski definition) is 4. The molecule has 1 N–H and O–H groups in total. The first-order valence-electron chi connectivity index (χ1n) is 11.0. The fourth-order valence-electron chi connectivity index (χ4n) is 3.85. The number of guanidine groups is 1. The number of rotatable bonds is 9. The minimum absolute atomic E-state index is 0.544. The summed E-state index contributed by atoms with van der Waals surface area (Å²) >= 11 is 0. The molecule has 0 radical (unpaired) electrons. The Hall–Kier alpha value is -2.60. The van der Waals surface area contributed by atoms with Gasteiger partial charge in [0.1, 0.15) is 5.82 Å². The van der Waals surface area contributed by atoms with Gasteiger partial charge in [0.05, 0.1) is 13.2 Å². The molecule has 1 saturated heterocycles. The SMILES string of the molecule is CCN(CC)c1ccc(CNC(=NC)N2CCC(COCc3ccccc3)C2)cn1. The van der Waals surface area contributed by atoms with Crippen molar-refractivity contribution in [3.8, 4) is 0 Å². The number of ether oxygens (including phenoxy) is 1. The zero-order chi connectivity index (χ0) is 21.2. The van der Waals surface area contributed by atoms with E-state index in [0.29, 0.717) is 12.5 Å². The van der Waals surface area contributed by atoms with E-state index in [1.807, 2.05) is 19.3 Å². The number of nitrogens with one attached hydrogen (secondary N) is 1. The van der Waals surface area contributed by atoms with E-state index in [4.69, 9.17) is 4.74 Å². The molecule has 162 valence electrons. The Morgan fingerprint density at radius 3 is 2.63 bits per heavy atom. The van der Waals surface area contributed by atoms with Gasteiger partial charge in [-0.1, -0.05) is 36.4 Å². The minimum atomic E-state index is 0.544. The topological polar surface area (TPSA) is 53.0 Å². The van der Waals surface area contributed by atoms with Crippen molar-refractivity contribution in [3.63, 3.8) is 0 Å². The van der Waals surface area contributed by atoms with E-state index in [0.717, 1.165) is 63.1 Å². The lowest BCUT2D eigenvalue weighted by Crippen LogP contribution is -2.39. The zero-order valence-electron chi connectivity index (χ0n) is 18.6. The second-order valence-electron chi connectivity index (χ2n) is 7.70. The molecule has 0 aliphatic carbocycles. The fourth-order valence-corrected chi connectivity index (χ4v) is 3.85. The van der Waals surface area contributed by atoms with E-state index >= 15 is 0 Å². The van der Waals surface area contributed by atoms with Gasteiger partial charge in [0.25, 0.3) is 0 Å². The first-order chi connectivity index (χ1) is 14.7. The summed E-state index contributed by atoms with van der Waals surface area (Å²) in [5, 5.41) is 3.49. The average Bonchev–Trinajstić information content (AvgIpc) is 3.25. The summed E-state index contributed by atoms with van der Waals surface area (Å²) in [6.45, 7) is 10.4. The van der Waals surface area contributed by atoms with Gasteiger partial charge in [-0.25, -0.2) is 4.98 Å². The van der Waals surface area contributed by atoms with Gasteiger partial charge >= 0.3 is 0 Å². The van der Waals surface area contributed by atoms with Crippen LogP contribution in [0.5, 0.6) is 0 Å². The first kappa shape index (κ1) is 22.1. The van der Waals surface area contributed by atoms with E-state index in [9.17, 15) is 0 Å². The zero-order valence-corrected chi connectivity index (χ0v) is 18.6. The Morgan fingerprint density at radius 2 is 1.97 bits per heavy atom. The highest BCUT2D eigenvalue weighted by Crippen LogP contribution is 2.18. The maximum Gasteiger partial charge on any atom is 0.193 e. The predicted molar refractivity (Wildman–Crippen MR) is 124 cm³/mol. The van der Waals surface area contributed by atoms with Crippen LogP contribution in [0, 0.1) is 5.92 Å². The third-order valence-corrected chi connectivity index (χ3v) is 5.61. The molecule has 0 spiro atoms. The Kier molecular flexibility index (Phi) is 8.51. The molecule has 1 unspecified atom stereocenters. The van der Waals surface area contributed by atoms with Gasteiger partial charge in [0.2, 0.25) is 0 Å². The van der Waals surface area contributed by atoms with Crippen molar-refractivity contribution in [2.45, 2.75) is 33.4 Å². The fraction of sp³-hybridized carbons (Fsp3) is 0.500. The van der Waals surface area contributed by atoms with E-state index in [-0.39, 0.29) is 0 Å². The van der Waals surface area contributed by atoms with Crippen molar-refractivity contribution >= 4 is 11.8 Å². The molecule has 0 amide bonds. The second kappa shape index (κ2) is 11.6. The molecular formula is C24H35N5O. The number of pyridine rings is 1. The number of nitrogens with zero attached hydrogens (tertiary/aromatic N) is 4. The van der Waals surface area contributed by atoms with Crippen LogP contribution in [0.15, 0.2) is 53.7 Å². The van der Waals surface area contributed by atoms with E-state index in [2.05, 4.69) is 75.3 Å². The van der Waals surface area contributed by atoms with Gasteiger partial charge in [-0.3, -0.25) is 4.99 Å². The van der Waals surface area contributed by atoms with Gasteiger partial charge in [-0.2, -0.15) is 0 Å². The minimum Gasteiger partial charge on any atom is -0.376 e. The molecule has 1 aromatic carbocycles. The maximum absolute atomic E-state index is 5.94. The average molecular weight is 410 g/mol. The van der Waals surface area contributed by atoms with Crippen LogP contribution >= 0.6 is 0 Å². The quantitative estimate of drug-likeness (QED) is 0.507. The summed E-state index contributed by atoms with van der Waals surface area (Å²) in [4.78, 5) is 13.7. The number of likely N-dealkylation sites (tertiary alicyclic amines) is 1. The van der Waals surface area contributed by atoms with Crippen LogP contribution in [0.2, 0.25) is 0 Å². The van der Waals surface area contributed by atoms with Crippen LogP contribution < -0.4 is 10.2 Å². The summed E-state index contributed by atoms with van der Waals surface area (Å²) in [7, 11) is 1.85. The normalized spacial score (nSPS) is 16.7. The number of aliphatic imine (C=N–C) groups is 1. The van der Waals surface area contributed by atoms with Crippen molar-refractivity contribution in [2.75, 3.05) is 44.7 Å². The third kappa shape index (κ3) is 6.20. The Balaban J connectivity index is 1.43. The molecule has 30 heavy (non-hydrogen) atoms. The molecular weight excluding hydrogens is 374 g/mol. The van der Waals surface area contributed by atoms with Crippen molar-refractivity contribution in [3.05, 3.63) is 59.8 Å². The molecule has 2 heterocycles. The standard InChI is InChI=1S/C24H35N5O/c1-4-28(5-2)23-12-11-21(15-26-23)16-27-24(25-3)29-14-13-22(17-29)19-30-18-20-9-7-6-8-10-20/h6-12,15,22H,4-5,13-14,16-19H2,1-3H3,(H,25,27). The molecule has 6 nitrogen and oxygen atoms in total. The molecule has 1 aliphatic heterocycles. The van der Waals surface area contributed by atoms with E-state index in [1.165, 1.54) is 5.56 Å². The van der Waals surface area contributed by atoms with Crippen molar-refractivity contribution < 1.29 is 4.74 Å². The highest BCUT2D eigenvalue weighted by molar-refractivity contribution is 5.80. The van der Waals surface area contributed by atoms with Crippen LogP contribution in [0.4, 0.5) is 5.82 Å². The second-order valence-corrected chi connectivity index (χ2v) is 7.70. The lowest BCUT2D eigenvalue weighted by molar-refractivity contribution is 0.0906. The molecule has 0 saturated carbocycles. The lowest BCUT2D eigenvalue weighted by atomic mass is 10.1. The molecule has 2 aromatic rings. The summed E-state index contributed by atoms with van der Waals surface area (Å²) in [6, 6.07) is 14.6. The monoisotopic (exact) mass is 409 g/mol. The Morgan fingerprint density at radius 1 is 1.17 bits per heavy atom. The van der Waals surface area contributed by atoms with Crippen LogP contribution in [-0.2, 0) is 17.9 Å². The third-order valence-electron chi connectivity index (χ3n) is 5.61. The molecule has 1 aliphatic rings. The van der Waals surface area contributed by atoms with Crippen molar-refractivity contribution in [2.24, 2.45) is 10.9 Å². The van der Waals surface area contributed by atoms with Gasteiger partial charge in [0.15, 0.2) is 5.96 Å². The van der Waals surface area contributed by atoms with E-state index < -0.39 is 0 Å². The lowest BCUT2D eigenvalue weighted by Gasteiger charge is -2.22. The van der Waals surface area contributed by atoms with Gasteiger partial charge in [-0.15, -0.1) is 0 Å². The molecule has 6 heteroatoms. The molecule has 1 atom stereocenters. The Bertz CT molecular complexity index is 774. The smallest absolute Gasteiger partial charge is 0.193 e. The summed E-state index contributed by atoms with van der Waals surface area (Å²) in [5.41, 5.74) is 2.39. The predicted octanol–water partition coefficient (Wildman–Crippen LogP) is 3.54. The van der Waals surface area contributed by atoms with E-state index in [1.54, 1.807) is 0 Å². The van der Waals surface area contributed by atoms with Gasteiger partial charge in [-0.05, 0) is 37.5 Å². The summed E-state index contributed by atoms with van der Waals surface area (Å²) in [5.74, 6) is 2.53.